The molecule has 6 unspecified atom stereocenters. The number of aliphatic imine (C=N–C) groups is 1. The summed E-state index contributed by atoms with van der Waals surface area (Å²) in [7, 11) is 0. The van der Waals surface area contributed by atoms with Crippen molar-refractivity contribution < 1.29 is 9.53 Å². The lowest BCUT2D eigenvalue weighted by atomic mass is 9.46. The maximum atomic E-state index is 12.6. The van der Waals surface area contributed by atoms with E-state index in [4.69, 9.17) is 21.9 Å². The van der Waals surface area contributed by atoms with Gasteiger partial charge in [0.1, 0.15) is 11.8 Å². The van der Waals surface area contributed by atoms with Crippen molar-refractivity contribution in [3.8, 4) is 5.75 Å². The molecule has 3 aliphatic rings. The summed E-state index contributed by atoms with van der Waals surface area (Å²) in [5, 5.41) is 0. The third-order valence-corrected chi connectivity index (χ3v) is 9.32. The summed E-state index contributed by atoms with van der Waals surface area (Å²) in [6.07, 6.45) is 8.86. The Hall–Kier alpha value is -2.08. The largest absolute Gasteiger partial charge is 0.425 e. The molecule has 182 valence electrons. The van der Waals surface area contributed by atoms with Crippen LogP contribution in [0.2, 0.25) is 0 Å². The van der Waals surface area contributed by atoms with Crippen LogP contribution in [0.4, 0.5) is 0 Å². The molecular weight excluding hydrogens is 412 g/mol. The van der Waals surface area contributed by atoms with Crippen molar-refractivity contribution in [1.82, 2.24) is 0 Å². The highest BCUT2D eigenvalue weighted by atomic mass is 16.5. The Morgan fingerprint density at radius 1 is 1.24 bits per heavy atom. The van der Waals surface area contributed by atoms with Gasteiger partial charge in [0.15, 0.2) is 5.96 Å². The lowest BCUT2D eigenvalue weighted by Crippen LogP contribution is -2.52. The first-order valence-electron chi connectivity index (χ1n) is 12.7. The zero-order valence-corrected chi connectivity index (χ0v) is 20.8. The Kier molecular flexibility index (Phi) is 6.51. The van der Waals surface area contributed by atoms with Crippen LogP contribution in [-0.2, 0) is 16.6 Å². The van der Waals surface area contributed by atoms with Crippen LogP contribution in [0.3, 0.4) is 0 Å². The van der Waals surface area contributed by atoms with Gasteiger partial charge in [-0.3, -0.25) is 4.99 Å². The highest BCUT2D eigenvalue weighted by molar-refractivity contribution is 5.78. The molecule has 4 rings (SSSR count). The zero-order valence-electron chi connectivity index (χ0n) is 20.8. The number of fused-ring (bicyclic) bond motifs is 5. The molecule has 6 N–H and O–H groups in total. The van der Waals surface area contributed by atoms with Crippen molar-refractivity contribution in [1.29, 1.82) is 0 Å². The minimum absolute atomic E-state index is 0.0527. The molecular formula is C27H42N4O2. The van der Waals surface area contributed by atoms with Crippen LogP contribution in [0, 0.1) is 30.1 Å². The molecule has 0 bridgehead atoms. The van der Waals surface area contributed by atoms with Gasteiger partial charge in [-0.1, -0.05) is 33.6 Å². The summed E-state index contributed by atoms with van der Waals surface area (Å²) in [5.74, 6) is 2.59. The number of guanidine groups is 1. The molecule has 3 aliphatic carbocycles. The molecule has 2 fully saturated rings. The predicted octanol–water partition coefficient (Wildman–Crippen LogP) is 3.95. The predicted molar refractivity (Wildman–Crippen MR) is 133 cm³/mol. The highest BCUT2D eigenvalue weighted by Gasteiger charge is 2.59. The monoisotopic (exact) mass is 454 g/mol. The van der Waals surface area contributed by atoms with E-state index < -0.39 is 12.0 Å². The molecule has 33 heavy (non-hydrogen) atoms. The van der Waals surface area contributed by atoms with Crippen LogP contribution in [0.1, 0.15) is 82.4 Å². The average Bonchev–Trinajstić information content (AvgIpc) is 3.04. The van der Waals surface area contributed by atoms with E-state index in [9.17, 15) is 4.79 Å². The minimum Gasteiger partial charge on any atom is -0.425 e. The topological polar surface area (TPSA) is 117 Å². The number of carbonyl (C=O) groups excluding carboxylic acids is 1. The van der Waals surface area contributed by atoms with E-state index in [-0.39, 0.29) is 11.4 Å². The van der Waals surface area contributed by atoms with E-state index in [1.165, 1.54) is 48.8 Å². The number of esters is 1. The van der Waals surface area contributed by atoms with Gasteiger partial charge in [0.25, 0.3) is 0 Å². The zero-order chi connectivity index (χ0) is 24.0. The fraction of sp³-hybridized carbons (Fsp3) is 0.704. The summed E-state index contributed by atoms with van der Waals surface area (Å²) >= 11 is 0. The van der Waals surface area contributed by atoms with Crippen LogP contribution in [0.25, 0.3) is 0 Å². The van der Waals surface area contributed by atoms with Gasteiger partial charge in [0.2, 0.25) is 0 Å². The number of hydrogen-bond donors (Lipinski definition) is 3. The van der Waals surface area contributed by atoms with E-state index in [0.29, 0.717) is 36.5 Å². The number of nitrogens with zero attached hydrogens (tertiary/aromatic N) is 1. The molecule has 6 heteroatoms. The van der Waals surface area contributed by atoms with E-state index in [1.807, 2.05) is 6.07 Å². The second kappa shape index (κ2) is 8.94. The lowest BCUT2D eigenvalue weighted by Gasteiger charge is -2.58. The second-order valence-electron chi connectivity index (χ2n) is 11.4. The third kappa shape index (κ3) is 4.27. The Morgan fingerprint density at radius 2 is 2.00 bits per heavy atom. The molecule has 6 nitrogen and oxygen atoms in total. The van der Waals surface area contributed by atoms with Crippen molar-refractivity contribution in [3.63, 3.8) is 0 Å². The lowest BCUT2D eigenvalue weighted by molar-refractivity contribution is -0.136. The maximum absolute atomic E-state index is 12.6. The summed E-state index contributed by atoms with van der Waals surface area (Å²) in [6, 6.07) is 3.46. The first kappa shape index (κ1) is 24.1. The van der Waals surface area contributed by atoms with Crippen LogP contribution >= 0.6 is 0 Å². The Morgan fingerprint density at radius 3 is 2.73 bits per heavy atom. The first-order chi connectivity index (χ1) is 15.6. The molecule has 0 aliphatic heterocycles. The molecule has 0 amide bonds. The number of ether oxygens (including phenoxy) is 1. The first-order valence-corrected chi connectivity index (χ1v) is 12.7. The van der Waals surface area contributed by atoms with Crippen molar-refractivity contribution in [2.45, 2.75) is 90.5 Å². The second-order valence-corrected chi connectivity index (χ2v) is 11.4. The van der Waals surface area contributed by atoms with E-state index >= 15 is 0 Å². The van der Waals surface area contributed by atoms with Gasteiger partial charge in [0.05, 0.1) is 0 Å². The van der Waals surface area contributed by atoms with Crippen LogP contribution in [0.15, 0.2) is 17.1 Å². The number of carbonyl (C=O) groups is 1. The Labute approximate surface area is 198 Å². The van der Waals surface area contributed by atoms with Gasteiger partial charge < -0.3 is 21.9 Å². The quantitative estimate of drug-likeness (QED) is 0.198. The maximum Gasteiger partial charge on any atom is 0.328 e. The van der Waals surface area contributed by atoms with Gasteiger partial charge >= 0.3 is 5.97 Å². The van der Waals surface area contributed by atoms with E-state index in [2.05, 4.69) is 38.8 Å². The minimum atomic E-state index is -0.684. The summed E-state index contributed by atoms with van der Waals surface area (Å²) in [5.41, 5.74) is 21.5. The fourth-order valence-electron chi connectivity index (χ4n) is 7.91. The molecule has 1 aromatic rings. The van der Waals surface area contributed by atoms with E-state index in [1.54, 1.807) is 0 Å². The number of hydrogen-bond acceptors (Lipinski definition) is 4. The van der Waals surface area contributed by atoms with Gasteiger partial charge in [-0.25, -0.2) is 4.79 Å². The van der Waals surface area contributed by atoms with Gasteiger partial charge in [-0.15, -0.1) is 0 Å². The third-order valence-electron chi connectivity index (χ3n) is 9.32. The van der Waals surface area contributed by atoms with Crippen molar-refractivity contribution in [2.75, 3.05) is 6.54 Å². The smallest absolute Gasteiger partial charge is 0.328 e. The summed E-state index contributed by atoms with van der Waals surface area (Å²) < 4.78 is 5.75. The summed E-state index contributed by atoms with van der Waals surface area (Å²) in [4.78, 5) is 16.5. The van der Waals surface area contributed by atoms with Crippen LogP contribution < -0.4 is 21.9 Å². The number of rotatable bonds is 6. The number of aryl methyl sites for hydroxylation is 1. The molecule has 0 aromatic heterocycles. The molecule has 0 radical (unpaired) electrons. The van der Waals surface area contributed by atoms with Crippen molar-refractivity contribution in [2.24, 2.45) is 45.4 Å². The Bertz CT molecular complexity index is 940. The molecule has 6 atom stereocenters. The standard InChI is InChI=1S/C27H42N4O2/c1-16-7-5-10-26(3)20(16)9-11-27(4)22(26)15-18-14-19(13-17(2)23(18)27)33-24(32)21(28)8-6-12-31-25(29)30/h13-14,16,20-22H,5-12,15,28H2,1-4H3,(H4,29,30,31). The van der Waals surface area contributed by atoms with E-state index in [0.717, 1.165) is 18.3 Å². The van der Waals surface area contributed by atoms with Crippen LogP contribution in [-0.4, -0.2) is 24.5 Å². The SMILES string of the molecule is Cc1cc(OC(=O)C(N)CCCN=C(N)N)cc2c1C1(C)CCC3C(C)CCCC3(C)C1C2. The average molecular weight is 455 g/mol. The van der Waals surface area contributed by atoms with Gasteiger partial charge in [-0.05, 0) is 103 Å². The number of benzene rings is 1. The molecule has 0 heterocycles. The molecule has 0 spiro atoms. The normalized spacial score (nSPS) is 33.4. The molecule has 2 saturated carbocycles. The van der Waals surface area contributed by atoms with Crippen LogP contribution in [0.5, 0.6) is 5.75 Å². The Balaban J connectivity index is 1.51. The van der Waals surface area contributed by atoms with Gasteiger partial charge in [-0.2, -0.15) is 0 Å². The van der Waals surface area contributed by atoms with Crippen molar-refractivity contribution in [3.05, 3.63) is 28.8 Å². The number of nitrogens with two attached hydrogens (primary N) is 3. The van der Waals surface area contributed by atoms with Crippen molar-refractivity contribution >= 4 is 11.9 Å². The fourth-order valence-corrected chi connectivity index (χ4v) is 7.91. The summed E-state index contributed by atoms with van der Waals surface area (Å²) in [6.45, 7) is 10.2. The highest BCUT2D eigenvalue weighted by Crippen LogP contribution is 2.65. The molecule has 1 aromatic carbocycles. The van der Waals surface area contributed by atoms with Gasteiger partial charge in [0, 0.05) is 6.54 Å². The molecule has 0 saturated heterocycles.